The molecule has 8 heteroatoms. The van der Waals surface area contributed by atoms with Gasteiger partial charge in [-0.05, 0) is 30.7 Å². The molecule has 1 aliphatic heterocycles. The molecule has 2 heterocycles. The number of carbonyl (C=O) groups is 2. The monoisotopic (exact) mass is 399 g/mol. The van der Waals surface area contributed by atoms with Gasteiger partial charge in [0.2, 0.25) is 5.91 Å². The summed E-state index contributed by atoms with van der Waals surface area (Å²) in [6.45, 7) is 2.27. The molecule has 0 bridgehead atoms. The van der Waals surface area contributed by atoms with Gasteiger partial charge in [0.05, 0.1) is 12.5 Å². The molecule has 4 unspecified atom stereocenters. The van der Waals surface area contributed by atoms with Crippen LogP contribution in [-0.2, 0) is 16.1 Å². The lowest BCUT2D eigenvalue weighted by Crippen LogP contribution is -2.40. The van der Waals surface area contributed by atoms with Crippen molar-refractivity contribution >= 4 is 11.8 Å². The highest BCUT2D eigenvalue weighted by Gasteiger charge is 2.43. The van der Waals surface area contributed by atoms with Gasteiger partial charge in [-0.15, -0.1) is 0 Å². The summed E-state index contributed by atoms with van der Waals surface area (Å²) in [6.07, 6.45) is -0.841. The molecule has 2 aromatic rings. The number of ether oxygens (including phenoxy) is 1. The summed E-state index contributed by atoms with van der Waals surface area (Å²) in [5.41, 5.74) is 2.39. The number of aromatic nitrogens is 1. The highest BCUT2D eigenvalue weighted by atomic mass is 16.5. The van der Waals surface area contributed by atoms with Gasteiger partial charge in [-0.3, -0.25) is 14.6 Å². The maximum absolute atomic E-state index is 12.2. The Hall–Kier alpha value is -2.81. The fourth-order valence-corrected chi connectivity index (χ4v) is 3.12. The SMILES string of the molecule is Cc1ccc(C(=O)NCC2OC(CC(=O)NCc3cccnc3)C(O)C2O)cc1. The van der Waals surface area contributed by atoms with Crippen LogP contribution in [0.5, 0.6) is 0 Å². The number of aryl methyl sites for hydroxylation is 1. The van der Waals surface area contributed by atoms with E-state index in [9.17, 15) is 19.8 Å². The number of aliphatic hydroxyl groups is 2. The number of benzene rings is 1. The van der Waals surface area contributed by atoms with Crippen molar-refractivity contribution in [2.75, 3.05) is 6.54 Å². The molecular formula is C21H25N3O5. The Morgan fingerprint density at radius 1 is 1.07 bits per heavy atom. The predicted octanol–water partition coefficient (Wildman–Crippen LogP) is 0.316. The standard InChI is InChI=1S/C21H25N3O5/c1-13-4-6-15(7-5-13)21(28)24-12-17-20(27)19(26)16(29-17)9-18(25)23-11-14-3-2-8-22-10-14/h2-8,10,16-17,19-20,26-27H,9,11-12H2,1H3,(H,23,25)(H,24,28). The molecule has 0 spiro atoms. The Balaban J connectivity index is 1.47. The molecule has 1 aromatic heterocycles. The van der Waals surface area contributed by atoms with Gasteiger partial charge in [-0.25, -0.2) is 0 Å². The Kier molecular flexibility index (Phi) is 6.92. The first-order chi connectivity index (χ1) is 13.9. The first kappa shape index (κ1) is 20.9. The summed E-state index contributed by atoms with van der Waals surface area (Å²) in [5.74, 6) is -0.609. The highest BCUT2D eigenvalue weighted by Crippen LogP contribution is 2.23. The fraction of sp³-hybridized carbons (Fsp3) is 0.381. The summed E-state index contributed by atoms with van der Waals surface area (Å²) < 4.78 is 5.63. The van der Waals surface area contributed by atoms with E-state index in [0.717, 1.165) is 11.1 Å². The summed E-state index contributed by atoms with van der Waals surface area (Å²) >= 11 is 0. The van der Waals surface area contributed by atoms with Crippen LogP contribution in [0.4, 0.5) is 0 Å². The van der Waals surface area contributed by atoms with Crippen molar-refractivity contribution in [3.63, 3.8) is 0 Å². The van der Waals surface area contributed by atoms with E-state index in [4.69, 9.17) is 4.74 Å². The van der Waals surface area contributed by atoms with E-state index in [-0.39, 0.29) is 24.8 Å². The number of rotatable bonds is 7. The first-order valence-electron chi connectivity index (χ1n) is 9.46. The fourth-order valence-electron chi connectivity index (χ4n) is 3.12. The molecule has 4 N–H and O–H groups in total. The second-order valence-electron chi connectivity index (χ2n) is 7.11. The number of pyridine rings is 1. The van der Waals surface area contributed by atoms with Crippen molar-refractivity contribution < 1.29 is 24.5 Å². The lowest BCUT2D eigenvalue weighted by molar-refractivity contribution is -0.125. The molecule has 0 saturated carbocycles. The molecule has 154 valence electrons. The second-order valence-corrected chi connectivity index (χ2v) is 7.11. The molecule has 4 atom stereocenters. The lowest BCUT2D eigenvalue weighted by Gasteiger charge is -2.15. The Morgan fingerprint density at radius 2 is 1.79 bits per heavy atom. The number of nitrogens with zero attached hydrogens (tertiary/aromatic N) is 1. The Labute approximate surface area is 168 Å². The topological polar surface area (TPSA) is 121 Å². The zero-order chi connectivity index (χ0) is 20.8. The van der Waals surface area contributed by atoms with Crippen molar-refractivity contribution in [3.8, 4) is 0 Å². The molecule has 1 aliphatic rings. The van der Waals surface area contributed by atoms with E-state index in [0.29, 0.717) is 12.1 Å². The molecule has 8 nitrogen and oxygen atoms in total. The number of aliphatic hydroxyl groups excluding tert-OH is 2. The van der Waals surface area contributed by atoms with E-state index in [1.54, 1.807) is 30.6 Å². The minimum Gasteiger partial charge on any atom is -0.388 e. The summed E-state index contributed by atoms with van der Waals surface area (Å²) in [6, 6.07) is 10.7. The average Bonchev–Trinajstić information content (AvgIpc) is 2.99. The number of carbonyl (C=O) groups excluding carboxylic acids is 2. The lowest BCUT2D eigenvalue weighted by atomic mass is 10.1. The van der Waals surface area contributed by atoms with E-state index in [1.807, 2.05) is 25.1 Å². The largest absolute Gasteiger partial charge is 0.388 e. The van der Waals surface area contributed by atoms with Crippen LogP contribution in [-0.4, -0.2) is 58.0 Å². The van der Waals surface area contributed by atoms with Crippen molar-refractivity contribution in [2.45, 2.75) is 44.3 Å². The summed E-state index contributed by atoms with van der Waals surface area (Å²) in [7, 11) is 0. The third kappa shape index (κ3) is 5.60. The van der Waals surface area contributed by atoms with Gasteiger partial charge in [0.15, 0.2) is 0 Å². The quantitative estimate of drug-likeness (QED) is 0.532. The molecule has 1 saturated heterocycles. The Morgan fingerprint density at radius 3 is 2.48 bits per heavy atom. The van der Waals surface area contributed by atoms with Crippen LogP contribution >= 0.6 is 0 Å². The van der Waals surface area contributed by atoms with E-state index in [2.05, 4.69) is 15.6 Å². The average molecular weight is 399 g/mol. The normalized spacial score (nSPS) is 23.6. The summed E-state index contributed by atoms with van der Waals surface area (Å²) in [4.78, 5) is 28.3. The van der Waals surface area contributed by atoms with Crippen molar-refractivity contribution in [1.29, 1.82) is 0 Å². The van der Waals surface area contributed by atoms with E-state index in [1.165, 1.54) is 0 Å². The number of nitrogens with one attached hydrogen (secondary N) is 2. The summed E-state index contributed by atoms with van der Waals surface area (Å²) in [5, 5.41) is 25.8. The minimum atomic E-state index is -1.21. The highest BCUT2D eigenvalue weighted by molar-refractivity contribution is 5.94. The van der Waals surface area contributed by atoms with Gasteiger partial charge in [0.1, 0.15) is 18.3 Å². The number of hydrogen-bond donors (Lipinski definition) is 4. The van der Waals surface area contributed by atoms with Crippen molar-refractivity contribution in [3.05, 3.63) is 65.5 Å². The second kappa shape index (κ2) is 9.60. The zero-order valence-electron chi connectivity index (χ0n) is 16.1. The van der Waals surface area contributed by atoms with Crippen LogP contribution in [0.1, 0.15) is 27.9 Å². The smallest absolute Gasteiger partial charge is 0.251 e. The van der Waals surface area contributed by atoms with Crippen LogP contribution in [0.15, 0.2) is 48.8 Å². The molecular weight excluding hydrogens is 374 g/mol. The zero-order valence-corrected chi connectivity index (χ0v) is 16.1. The van der Waals surface area contributed by atoms with Gasteiger partial charge in [-0.1, -0.05) is 23.8 Å². The van der Waals surface area contributed by atoms with Gasteiger partial charge >= 0.3 is 0 Å². The predicted molar refractivity (Wildman–Crippen MR) is 105 cm³/mol. The van der Waals surface area contributed by atoms with Crippen LogP contribution < -0.4 is 10.6 Å². The van der Waals surface area contributed by atoms with Crippen molar-refractivity contribution in [2.24, 2.45) is 0 Å². The van der Waals surface area contributed by atoms with Crippen LogP contribution in [0.25, 0.3) is 0 Å². The number of hydrogen-bond acceptors (Lipinski definition) is 6. The molecule has 1 fully saturated rings. The molecule has 3 rings (SSSR count). The van der Waals surface area contributed by atoms with Crippen LogP contribution in [0, 0.1) is 6.92 Å². The molecule has 1 aromatic carbocycles. The van der Waals surface area contributed by atoms with Gasteiger partial charge in [-0.2, -0.15) is 0 Å². The first-order valence-corrected chi connectivity index (χ1v) is 9.46. The third-order valence-electron chi connectivity index (χ3n) is 4.84. The van der Waals surface area contributed by atoms with Crippen LogP contribution in [0.3, 0.4) is 0 Å². The maximum atomic E-state index is 12.2. The van der Waals surface area contributed by atoms with E-state index < -0.39 is 24.4 Å². The molecule has 0 aliphatic carbocycles. The molecule has 0 radical (unpaired) electrons. The van der Waals surface area contributed by atoms with Gasteiger partial charge in [0.25, 0.3) is 5.91 Å². The van der Waals surface area contributed by atoms with Crippen molar-refractivity contribution in [1.82, 2.24) is 15.6 Å². The molecule has 29 heavy (non-hydrogen) atoms. The van der Waals surface area contributed by atoms with Gasteiger partial charge in [0, 0.05) is 31.0 Å². The maximum Gasteiger partial charge on any atom is 0.251 e. The minimum absolute atomic E-state index is 0.0265. The third-order valence-corrected chi connectivity index (χ3v) is 4.84. The van der Waals surface area contributed by atoms with Gasteiger partial charge < -0.3 is 25.6 Å². The number of amides is 2. The Bertz CT molecular complexity index is 828. The molecule has 2 amide bonds. The van der Waals surface area contributed by atoms with E-state index >= 15 is 0 Å². The van der Waals surface area contributed by atoms with Crippen LogP contribution in [0.2, 0.25) is 0 Å².